The van der Waals surface area contributed by atoms with E-state index in [2.05, 4.69) is 11.4 Å². The number of aliphatic carboxylic acids is 1. The molecule has 0 aliphatic heterocycles. The number of carbonyl (C=O) groups is 2. The number of hydrogen-bond donors (Lipinski definition) is 2. The fourth-order valence-corrected chi connectivity index (χ4v) is 1.46. The quantitative estimate of drug-likeness (QED) is 0.716. The van der Waals surface area contributed by atoms with Crippen LogP contribution in [0, 0.1) is 23.2 Å². The van der Waals surface area contributed by atoms with Gasteiger partial charge in [0.1, 0.15) is 0 Å². The highest BCUT2D eigenvalue weighted by atomic mass is 16.4. The third kappa shape index (κ3) is 5.53. The zero-order valence-corrected chi connectivity index (χ0v) is 11.1. The van der Waals surface area contributed by atoms with Crippen molar-refractivity contribution in [3.63, 3.8) is 0 Å². The second kappa shape index (κ2) is 8.34. The number of rotatable bonds is 7. The molecule has 6 heteroatoms. The number of nitriles is 1. The molecule has 0 spiro atoms. The first-order valence-electron chi connectivity index (χ1n) is 6.11. The largest absolute Gasteiger partial charge is 0.481 e. The van der Waals surface area contributed by atoms with Crippen LogP contribution in [0.3, 0.4) is 0 Å². The number of carboxylic acid groups (broad SMARTS) is 1. The molecule has 2 amide bonds. The Morgan fingerprint density at radius 1 is 1.44 bits per heavy atom. The lowest BCUT2D eigenvalue weighted by atomic mass is 10.1. The molecule has 0 saturated carbocycles. The zero-order chi connectivity index (χ0) is 14.1. The van der Waals surface area contributed by atoms with E-state index in [0.29, 0.717) is 19.5 Å². The molecule has 0 aliphatic rings. The van der Waals surface area contributed by atoms with Crippen molar-refractivity contribution in [3.05, 3.63) is 0 Å². The Labute approximate surface area is 108 Å². The molecule has 0 aliphatic carbocycles. The van der Waals surface area contributed by atoms with E-state index in [1.807, 2.05) is 6.92 Å². The van der Waals surface area contributed by atoms with Crippen molar-refractivity contribution in [2.45, 2.75) is 27.2 Å². The van der Waals surface area contributed by atoms with E-state index in [-0.39, 0.29) is 18.5 Å². The smallest absolute Gasteiger partial charge is 0.317 e. The second-order valence-corrected chi connectivity index (χ2v) is 4.20. The fraction of sp³-hybridized carbons (Fsp3) is 0.750. The highest BCUT2D eigenvalue weighted by Crippen LogP contribution is 2.02. The summed E-state index contributed by atoms with van der Waals surface area (Å²) in [7, 11) is 0. The lowest BCUT2D eigenvalue weighted by Crippen LogP contribution is -2.44. The van der Waals surface area contributed by atoms with Gasteiger partial charge in [-0.15, -0.1) is 0 Å². The maximum atomic E-state index is 11.8. The second-order valence-electron chi connectivity index (χ2n) is 4.20. The third-order valence-electron chi connectivity index (χ3n) is 2.73. The van der Waals surface area contributed by atoms with Gasteiger partial charge < -0.3 is 15.3 Å². The SMILES string of the molecule is CCC(CNC(=O)N(CC)CC(C)C#N)C(=O)O. The number of urea groups is 1. The van der Waals surface area contributed by atoms with Gasteiger partial charge in [0.2, 0.25) is 0 Å². The van der Waals surface area contributed by atoms with Crippen molar-refractivity contribution >= 4 is 12.0 Å². The lowest BCUT2D eigenvalue weighted by molar-refractivity contribution is -0.141. The summed E-state index contributed by atoms with van der Waals surface area (Å²) in [5, 5.41) is 20.2. The van der Waals surface area contributed by atoms with E-state index in [1.165, 1.54) is 4.90 Å². The van der Waals surface area contributed by atoms with E-state index in [9.17, 15) is 9.59 Å². The highest BCUT2D eigenvalue weighted by Gasteiger charge is 2.19. The first kappa shape index (κ1) is 16.2. The monoisotopic (exact) mass is 255 g/mol. The Kier molecular flexibility index (Phi) is 7.52. The molecular formula is C12H21N3O3. The van der Waals surface area contributed by atoms with Crippen molar-refractivity contribution in [2.75, 3.05) is 19.6 Å². The average molecular weight is 255 g/mol. The molecule has 0 radical (unpaired) electrons. The summed E-state index contributed by atoms with van der Waals surface area (Å²) >= 11 is 0. The fourth-order valence-electron chi connectivity index (χ4n) is 1.46. The zero-order valence-electron chi connectivity index (χ0n) is 11.1. The van der Waals surface area contributed by atoms with Crippen LogP contribution >= 0.6 is 0 Å². The van der Waals surface area contributed by atoms with E-state index in [0.717, 1.165) is 0 Å². The van der Waals surface area contributed by atoms with Crippen LogP contribution in [-0.2, 0) is 4.79 Å². The van der Waals surface area contributed by atoms with E-state index in [4.69, 9.17) is 10.4 Å². The number of nitrogens with zero attached hydrogens (tertiary/aromatic N) is 2. The van der Waals surface area contributed by atoms with E-state index in [1.54, 1.807) is 13.8 Å². The molecule has 0 aromatic rings. The van der Waals surface area contributed by atoms with Crippen LogP contribution in [0.4, 0.5) is 4.79 Å². The average Bonchev–Trinajstić information content (AvgIpc) is 2.35. The van der Waals surface area contributed by atoms with Gasteiger partial charge in [0.15, 0.2) is 0 Å². The Bertz CT molecular complexity index is 325. The third-order valence-corrected chi connectivity index (χ3v) is 2.73. The summed E-state index contributed by atoms with van der Waals surface area (Å²) in [4.78, 5) is 24.1. The molecule has 6 nitrogen and oxygen atoms in total. The van der Waals surface area contributed by atoms with Gasteiger partial charge in [-0.3, -0.25) is 4.79 Å². The number of carbonyl (C=O) groups excluding carboxylic acids is 1. The molecule has 0 rings (SSSR count). The van der Waals surface area contributed by atoms with Crippen LogP contribution in [0.25, 0.3) is 0 Å². The van der Waals surface area contributed by atoms with Crippen molar-refractivity contribution in [1.29, 1.82) is 5.26 Å². The molecule has 2 unspecified atom stereocenters. The first-order chi connectivity index (χ1) is 8.46. The molecule has 102 valence electrons. The van der Waals surface area contributed by atoms with Gasteiger partial charge in [-0.2, -0.15) is 5.26 Å². The molecule has 0 saturated heterocycles. The Morgan fingerprint density at radius 3 is 2.44 bits per heavy atom. The summed E-state index contributed by atoms with van der Waals surface area (Å²) in [5.41, 5.74) is 0. The molecule has 0 heterocycles. The number of nitrogens with one attached hydrogen (secondary N) is 1. The molecule has 18 heavy (non-hydrogen) atoms. The first-order valence-corrected chi connectivity index (χ1v) is 6.11. The Morgan fingerprint density at radius 2 is 2.06 bits per heavy atom. The topological polar surface area (TPSA) is 93.4 Å². The van der Waals surface area contributed by atoms with Crippen LogP contribution in [0.15, 0.2) is 0 Å². The molecule has 0 aromatic carbocycles. The Balaban J connectivity index is 4.28. The molecule has 0 fully saturated rings. The minimum absolute atomic E-state index is 0.113. The maximum Gasteiger partial charge on any atom is 0.317 e. The van der Waals surface area contributed by atoms with Gasteiger partial charge in [-0.25, -0.2) is 4.79 Å². The van der Waals surface area contributed by atoms with Gasteiger partial charge in [-0.1, -0.05) is 6.92 Å². The van der Waals surface area contributed by atoms with E-state index < -0.39 is 11.9 Å². The van der Waals surface area contributed by atoms with Crippen LogP contribution < -0.4 is 5.32 Å². The summed E-state index contributed by atoms with van der Waals surface area (Å²) in [6.07, 6.45) is 0.469. The number of carboxylic acids is 1. The highest BCUT2D eigenvalue weighted by molar-refractivity contribution is 5.76. The predicted octanol–water partition coefficient (Wildman–Crippen LogP) is 1.29. The van der Waals surface area contributed by atoms with Crippen molar-refractivity contribution < 1.29 is 14.7 Å². The molecule has 0 bridgehead atoms. The van der Waals surface area contributed by atoms with Gasteiger partial charge in [0.05, 0.1) is 17.9 Å². The summed E-state index contributed by atoms with van der Waals surface area (Å²) in [5.74, 6) is -1.72. The van der Waals surface area contributed by atoms with Crippen LogP contribution in [0.2, 0.25) is 0 Å². The van der Waals surface area contributed by atoms with Crippen molar-refractivity contribution in [3.8, 4) is 6.07 Å². The van der Waals surface area contributed by atoms with Gasteiger partial charge in [0.25, 0.3) is 0 Å². The molecule has 2 atom stereocenters. The van der Waals surface area contributed by atoms with Gasteiger partial charge >= 0.3 is 12.0 Å². The lowest BCUT2D eigenvalue weighted by Gasteiger charge is -2.23. The number of hydrogen-bond acceptors (Lipinski definition) is 3. The predicted molar refractivity (Wildman–Crippen MR) is 66.8 cm³/mol. The molecule has 2 N–H and O–H groups in total. The van der Waals surface area contributed by atoms with Crippen molar-refractivity contribution in [1.82, 2.24) is 10.2 Å². The Hall–Kier alpha value is -1.77. The minimum Gasteiger partial charge on any atom is -0.481 e. The van der Waals surface area contributed by atoms with Crippen LogP contribution in [-0.4, -0.2) is 41.6 Å². The van der Waals surface area contributed by atoms with Crippen molar-refractivity contribution in [2.24, 2.45) is 11.8 Å². The number of amides is 2. The summed E-state index contributed by atoms with van der Waals surface area (Å²) in [6, 6.07) is 1.74. The normalized spacial score (nSPS) is 13.2. The standard InChI is InChI=1S/C12H21N3O3/c1-4-10(11(16)17)7-14-12(18)15(5-2)8-9(3)6-13/h9-10H,4-5,7-8H2,1-3H3,(H,14,18)(H,16,17). The van der Waals surface area contributed by atoms with Crippen LogP contribution in [0.1, 0.15) is 27.2 Å². The maximum absolute atomic E-state index is 11.8. The van der Waals surface area contributed by atoms with Crippen LogP contribution in [0.5, 0.6) is 0 Å². The van der Waals surface area contributed by atoms with E-state index >= 15 is 0 Å². The van der Waals surface area contributed by atoms with Gasteiger partial charge in [0, 0.05) is 19.6 Å². The van der Waals surface area contributed by atoms with Gasteiger partial charge in [-0.05, 0) is 20.3 Å². The minimum atomic E-state index is -0.911. The summed E-state index contributed by atoms with van der Waals surface area (Å²) < 4.78 is 0. The molecule has 0 aromatic heterocycles. The summed E-state index contributed by atoms with van der Waals surface area (Å²) in [6.45, 7) is 6.27. The molecular weight excluding hydrogens is 234 g/mol.